The van der Waals surface area contributed by atoms with Crippen molar-refractivity contribution in [2.24, 2.45) is 5.16 Å². The lowest BCUT2D eigenvalue weighted by Crippen LogP contribution is -2.13. The summed E-state index contributed by atoms with van der Waals surface area (Å²) < 4.78 is 0. The molecule has 0 atom stereocenters. The molecule has 1 fully saturated rings. The summed E-state index contributed by atoms with van der Waals surface area (Å²) in [5.74, 6) is 0. The van der Waals surface area contributed by atoms with E-state index in [0.29, 0.717) is 6.10 Å². The summed E-state index contributed by atoms with van der Waals surface area (Å²) in [6.07, 6.45) is 11.8. The van der Waals surface area contributed by atoms with Gasteiger partial charge in [-0.2, -0.15) is 0 Å². The Kier molecular flexibility index (Phi) is 3.71. The highest BCUT2D eigenvalue weighted by molar-refractivity contribution is 5.78. The van der Waals surface area contributed by atoms with Gasteiger partial charge in [0.15, 0.2) is 0 Å². The number of hydrogen-bond acceptors (Lipinski definition) is 3. The molecule has 1 aromatic heterocycles. The van der Waals surface area contributed by atoms with Crippen LogP contribution in [0.25, 0.3) is 0 Å². The summed E-state index contributed by atoms with van der Waals surface area (Å²) in [7, 11) is 0. The SMILES string of the molecule is C(=N\OC1CCCCC1)/c1ccncc1. The van der Waals surface area contributed by atoms with Crippen molar-refractivity contribution in [2.45, 2.75) is 38.2 Å². The molecule has 1 aromatic rings. The second kappa shape index (κ2) is 5.49. The number of aromatic nitrogens is 1. The number of rotatable bonds is 3. The Morgan fingerprint density at radius 2 is 1.93 bits per heavy atom. The summed E-state index contributed by atoms with van der Waals surface area (Å²) in [6.45, 7) is 0. The van der Waals surface area contributed by atoms with E-state index in [4.69, 9.17) is 4.84 Å². The second-order valence-electron chi connectivity index (χ2n) is 3.88. The fourth-order valence-electron chi connectivity index (χ4n) is 1.80. The van der Waals surface area contributed by atoms with E-state index >= 15 is 0 Å². The summed E-state index contributed by atoms with van der Waals surface area (Å²) >= 11 is 0. The van der Waals surface area contributed by atoms with Crippen molar-refractivity contribution in [3.8, 4) is 0 Å². The maximum Gasteiger partial charge on any atom is 0.127 e. The second-order valence-corrected chi connectivity index (χ2v) is 3.88. The molecule has 3 nitrogen and oxygen atoms in total. The highest BCUT2D eigenvalue weighted by Gasteiger charge is 2.13. The van der Waals surface area contributed by atoms with Gasteiger partial charge in [-0.15, -0.1) is 0 Å². The molecule has 3 heteroatoms. The Hall–Kier alpha value is -1.38. The first-order chi connectivity index (χ1) is 7.45. The Morgan fingerprint density at radius 3 is 2.67 bits per heavy atom. The van der Waals surface area contributed by atoms with E-state index in [-0.39, 0.29) is 0 Å². The largest absolute Gasteiger partial charge is 0.393 e. The average molecular weight is 204 g/mol. The van der Waals surface area contributed by atoms with Crippen LogP contribution in [-0.2, 0) is 4.84 Å². The van der Waals surface area contributed by atoms with Crippen molar-refractivity contribution in [1.29, 1.82) is 0 Å². The van der Waals surface area contributed by atoms with Gasteiger partial charge >= 0.3 is 0 Å². The average Bonchev–Trinajstić information content (AvgIpc) is 2.32. The predicted molar refractivity (Wildman–Crippen MR) is 59.8 cm³/mol. The Balaban J connectivity index is 1.79. The zero-order valence-electron chi connectivity index (χ0n) is 8.80. The number of pyridine rings is 1. The van der Waals surface area contributed by atoms with Crippen LogP contribution in [0.15, 0.2) is 29.7 Å². The molecule has 0 aromatic carbocycles. The minimum Gasteiger partial charge on any atom is -0.393 e. The normalized spacial score (nSPS) is 18.1. The standard InChI is InChI=1S/C12H16N2O/c1-2-4-12(5-3-1)15-14-10-11-6-8-13-9-7-11/h6-10,12H,1-5H2/b14-10+. The molecule has 0 saturated heterocycles. The fraction of sp³-hybridized carbons (Fsp3) is 0.500. The Bertz CT molecular complexity index is 305. The van der Waals surface area contributed by atoms with Gasteiger partial charge in [-0.25, -0.2) is 0 Å². The third kappa shape index (κ3) is 3.35. The van der Waals surface area contributed by atoms with Gasteiger partial charge in [-0.1, -0.05) is 11.6 Å². The lowest BCUT2D eigenvalue weighted by molar-refractivity contribution is 0.0340. The van der Waals surface area contributed by atoms with Crippen molar-refractivity contribution in [1.82, 2.24) is 4.98 Å². The molecule has 15 heavy (non-hydrogen) atoms. The molecule has 1 aliphatic rings. The molecule has 0 spiro atoms. The van der Waals surface area contributed by atoms with E-state index in [1.54, 1.807) is 18.6 Å². The number of hydrogen-bond donors (Lipinski definition) is 0. The van der Waals surface area contributed by atoms with Gasteiger partial charge in [0, 0.05) is 12.4 Å². The van der Waals surface area contributed by atoms with Gasteiger partial charge in [-0.3, -0.25) is 4.98 Å². The quantitative estimate of drug-likeness (QED) is 0.560. The van der Waals surface area contributed by atoms with Crippen LogP contribution in [0, 0.1) is 0 Å². The zero-order valence-corrected chi connectivity index (χ0v) is 8.80. The third-order valence-electron chi connectivity index (χ3n) is 2.67. The van der Waals surface area contributed by atoms with Crippen LogP contribution in [0.5, 0.6) is 0 Å². The molecule has 0 bridgehead atoms. The molecular weight excluding hydrogens is 188 g/mol. The fourth-order valence-corrected chi connectivity index (χ4v) is 1.80. The summed E-state index contributed by atoms with van der Waals surface area (Å²) in [5, 5.41) is 4.01. The van der Waals surface area contributed by atoms with Gasteiger partial charge in [0.25, 0.3) is 0 Å². The van der Waals surface area contributed by atoms with Gasteiger partial charge in [0.1, 0.15) is 6.10 Å². The van der Waals surface area contributed by atoms with Crippen molar-refractivity contribution in [2.75, 3.05) is 0 Å². The van der Waals surface area contributed by atoms with Crippen LogP contribution >= 0.6 is 0 Å². The topological polar surface area (TPSA) is 34.5 Å². The van der Waals surface area contributed by atoms with E-state index in [1.807, 2.05) is 12.1 Å². The van der Waals surface area contributed by atoms with Crippen LogP contribution in [0.4, 0.5) is 0 Å². The Labute approximate surface area is 90.2 Å². The van der Waals surface area contributed by atoms with Gasteiger partial charge in [0.05, 0.1) is 6.21 Å². The molecule has 0 radical (unpaired) electrons. The van der Waals surface area contributed by atoms with Crippen molar-refractivity contribution in [3.63, 3.8) is 0 Å². The van der Waals surface area contributed by atoms with E-state index < -0.39 is 0 Å². The molecule has 0 N–H and O–H groups in total. The molecule has 1 aliphatic carbocycles. The van der Waals surface area contributed by atoms with Crippen LogP contribution in [0.1, 0.15) is 37.7 Å². The van der Waals surface area contributed by atoms with Crippen LogP contribution in [0.3, 0.4) is 0 Å². The van der Waals surface area contributed by atoms with Gasteiger partial charge < -0.3 is 4.84 Å². The number of oxime groups is 1. The highest BCUT2D eigenvalue weighted by atomic mass is 16.6. The minimum atomic E-state index is 0.330. The first-order valence-corrected chi connectivity index (χ1v) is 5.54. The Morgan fingerprint density at radius 1 is 1.20 bits per heavy atom. The molecule has 1 saturated carbocycles. The highest BCUT2D eigenvalue weighted by Crippen LogP contribution is 2.20. The monoisotopic (exact) mass is 204 g/mol. The molecule has 1 heterocycles. The molecule has 0 amide bonds. The van der Waals surface area contributed by atoms with Gasteiger partial charge in [-0.05, 0) is 43.4 Å². The van der Waals surface area contributed by atoms with Gasteiger partial charge in [0.2, 0.25) is 0 Å². The maximum absolute atomic E-state index is 5.44. The summed E-state index contributed by atoms with van der Waals surface area (Å²) in [6, 6.07) is 3.82. The van der Waals surface area contributed by atoms with Crippen molar-refractivity contribution < 1.29 is 4.84 Å². The summed E-state index contributed by atoms with van der Waals surface area (Å²) in [5.41, 5.74) is 1.03. The molecule has 2 rings (SSSR count). The molecular formula is C12H16N2O. The first kappa shape index (κ1) is 10.1. The predicted octanol–water partition coefficient (Wildman–Crippen LogP) is 2.76. The smallest absolute Gasteiger partial charge is 0.127 e. The summed E-state index contributed by atoms with van der Waals surface area (Å²) in [4.78, 5) is 9.38. The molecule has 80 valence electrons. The van der Waals surface area contributed by atoms with E-state index in [1.165, 1.54) is 19.3 Å². The van der Waals surface area contributed by atoms with Crippen LogP contribution < -0.4 is 0 Å². The van der Waals surface area contributed by atoms with Crippen molar-refractivity contribution in [3.05, 3.63) is 30.1 Å². The zero-order chi connectivity index (χ0) is 10.3. The minimum absolute atomic E-state index is 0.330. The van der Waals surface area contributed by atoms with Crippen LogP contribution in [0.2, 0.25) is 0 Å². The lowest BCUT2D eigenvalue weighted by Gasteiger charge is -2.18. The van der Waals surface area contributed by atoms with E-state index in [9.17, 15) is 0 Å². The third-order valence-corrected chi connectivity index (χ3v) is 2.67. The van der Waals surface area contributed by atoms with Crippen LogP contribution in [-0.4, -0.2) is 17.3 Å². The number of nitrogens with zero attached hydrogens (tertiary/aromatic N) is 2. The lowest BCUT2D eigenvalue weighted by atomic mass is 9.98. The maximum atomic E-state index is 5.44. The van der Waals surface area contributed by atoms with E-state index in [2.05, 4.69) is 10.1 Å². The molecule has 0 aliphatic heterocycles. The van der Waals surface area contributed by atoms with E-state index in [0.717, 1.165) is 18.4 Å². The first-order valence-electron chi connectivity index (χ1n) is 5.54. The van der Waals surface area contributed by atoms with Crippen molar-refractivity contribution >= 4 is 6.21 Å². The molecule has 0 unspecified atom stereocenters.